The number of nitrogens with one attached hydrogen (secondary N) is 2. The van der Waals surface area contributed by atoms with E-state index in [4.69, 9.17) is 23.7 Å². The van der Waals surface area contributed by atoms with Crippen LogP contribution in [0.15, 0.2) is 18.2 Å². The van der Waals surface area contributed by atoms with Gasteiger partial charge in [-0.1, -0.05) is 6.07 Å². The van der Waals surface area contributed by atoms with Crippen molar-refractivity contribution in [1.29, 1.82) is 0 Å². The Morgan fingerprint density at radius 2 is 1.51 bits per heavy atom. The first-order valence-corrected chi connectivity index (χ1v) is 12.4. The van der Waals surface area contributed by atoms with E-state index in [1.807, 2.05) is 0 Å². The van der Waals surface area contributed by atoms with Crippen LogP contribution >= 0.6 is 0 Å². The Labute approximate surface area is 224 Å². The fourth-order valence-corrected chi connectivity index (χ4v) is 3.88. The molecule has 0 radical (unpaired) electrons. The van der Waals surface area contributed by atoms with Crippen LogP contribution in [0.25, 0.3) is 0 Å². The molecule has 1 atom stereocenters. The second-order valence-corrected chi connectivity index (χ2v) is 8.35. The van der Waals surface area contributed by atoms with E-state index in [2.05, 4.69) is 10.6 Å². The fourth-order valence-electron chi connectivity index (χ4n) is 3.88. The van der Waals surface area contributed by atoms with Crippen molar-refractivity contribution in [2.75, 3.05) is 71.4 Å². The van der Waals surface area contributed by atoms with E-state index in [1.54, 1.807) is 0 Å². The molecule has 212 valence electrons. The van der Waals surface area contributed by atoms with E-state index in [1.165, 1.54) is 18.2 Å². The number of amides is 5. The average molecular weight is 550 g/mol. The maximum Gasteiger partial charge on any atom is 0.264 e. The number of carbonyl (C=O) groups is 6. The third-order valence-corrected chi connectivity index (χ3v) is 5.65. The fraction of sp³-hybridized carbons (Fsp3) is 0.520. The molecule has 2 N–H and O–H groups in total. The Kier molecular flexibility index (Phi) is 12.1. The molecule has 2 aliphatic heterocycles. The molecule has 0 spiro atoms. The zero-order valence-electron chi connectivity index (χ0n) is 21.3. The van der Waals surface area contributed by atoms with Crippen molar-refractivity contribution in [1.82, 2.24) is 10.2 Å². The maximum atomic E-state index is 13.1. The van der Waals surface area contributed by atoms with Gasteiger partial charge in [-0.25, -0.2) is 0 Å². The van der Waals surface area contributed by atoms with Crippen LogP contribution in [0.3, 0.4) is 0 Å². The van der Waals surface area contributed by atoms with Gasteiger partial charge in [0.25, 0.3) is 11.8 Å². The van der Waals surface area contributed by atoms with Gasteiger partial charge in [-0.3, -0.25) is 34.2 Å². The molecule has 1 fully saturated rings. The van der Waals surface area contributed by atoms with Crippen LogP contribution in [0.2, 0.25) is 0 Å². The van der Waals surface area contributed by atoms with Gasteiger partial charge in [-0.2, -0.15) is 0 Å². The van der Waals surface area contributed by atoms with E-state index >= 15 is 0 Å². The van der Waals surface area contributed by atoms with E-state index in [-0.39, 0.29) is 56.1 Å². The van der Waals surface area contributed by atoms with Crippen LogP contribution in [0.4, 0.5) is 5.69 Å². The van der Waals surface area contributed by atoms with Crippen molar-refractivity contribution in [3.63, 3.8) is 0 Å². The van der Waals surface area contributed by atoms with Crippen molar-refractivity contribution >= 4 is 41.5 Å². The number of carbonyl (C=O) groups excluding carboxylic acids is 6. The Morgan fingerprint density at radius 1 is 0.897 bits per heavy atom. The number of nitrogens with zero attached hydrogens (tertiary/aromatic N) is 1. The van der Waals surface area contributed by atoms with Crippen LogP contribution in [0.1, 0.15) is 33.6 Å². The highest BCUT2D eigenvalue weighted by atomic mass is 16.6. The monoisotopic (exact) mass is 549 g/mol. The second-order valence-electron chi connectivity index (χ2n) is 8.35. The Morgan fingerprint density at radius 3 is 2.13 bits per heavy atom. The molecule has 14 heteroatoms. The van der Waals surface area contributed by atoms with Gasteiger partial charge < -0.3 is 33.8 Å². The molecule has 0 aliphatic carbocycles. The Balaban J connectivity index is 1.31. The molecule has 0 bridgehead atoms. The first-order valence-electron chi connectivity index (χ1n) is 12.4. The highest BCUT2D eigenvalue weighted by Crippen LogP contribution is 2.32. The highest BCUT2D eigenvalue weighted by molar-refractivity contribution is 6.26. The summed E-state index contributed by atoms with van der Waals surface area (Å²) in [6, 6.07) is 3.34. The number of anilines is 1. The molecule has 39 heavy (non-hydrogen) atoms. The predicted molar refractivity (Wildman–Crippen MR) is 132 cm³/mol. The summed E-state index contributed by atoms with van der Waals surface area (Å²) in [6.45, 7) is 2.29. The van der Waals surface area contributed by atoms with Gasteiger partial charge in [-0.15, -0.1) is 0 Å². The number of fused-ring (bicyclic) bond motifs is 1. The first-order chi connectivity index (χ1) is 18.9. The minimum absolute atomic E-state index is 0.0115. The zero-order chi connectivity index (χ0) is 28.0. The minimum atomic E-state index is -1.10. The summed E-state index contributed by atoms with van der Waals surface area (Å²) in [5, 5.41) is 4.71. The lowest BCUT2D eigenvalue weighted by Gasteiger charge is -2.27. The quantitative estimate of drug-likeness (QED) is 0.135. The molecule has 5 amide bonds. The number of rotatable bonds is 18. The van der Waals surface area contributed by atoms with Gasteiger partial charge in [0.1, 0.15) is 25.5 Å². The summed E-state index contributed by atoms with van der Waals surface area (Å²) < 4.78 is 26.2. The third-order valence-electron chi connectivity index (χ3n) is 5.65. The molecular weight excluding hydrogens is 518 g/mol. The molecule has 1 aromatic rings. The van der Waals surface area contributed by atoms with Crippen LogP contribution in [0.5, 0.6) is 0 Å². The Hall–Kier alpha value is -3.56. The lowest BCUT2D eigenvalue weighted by Crippen LogP contribution is -2.54. The lowest BCUT2D eigenvalue weighted by molar-refractivity contribution is -0.136. The summed E-state index contributed by atoms with van der Waals surface area (Å²) in [6.07, 6.45) is 0.721. The molecule has 0 saturated carbocycles. The highest BCUT2D eigenvalue weighted by Gasteiger charge is 2.45. The van der Waals surface area contributed by atoms with Gasteiger partial charge in [0.15, 0.2) is 0 Å². The van der Waals surface area contributed by atoms with Crippen LogP contribution in [-0.2, 0) is 42.9 Å². The van der Waals surface area contributed by atoms with Crippen LogP contribution in [0, 0.1) is 0 Å². The summed E-state index contributed by atoms with van der Waals surface area (Å²) in [7, 11) is 0. The molecule has 1 saturated heterocycles. The van der Waals surface area contributed by atoms with E-state index in [0.29, 0.717) is 45.9 Å². The second kappa shape index (κ2) is 15.8. The number of piperidine rings is 1. The van der Waals surface area contributed by atoms with Gasteiger partial charge in [0.05, 0.1) is 69.7 Å². The summed E-state index contributed by atoms with van der Waals surface area (Å²) in [4.78, 5) is 72.8. The lowest BCUT2D eigenvalue weighted by atomic mass is 10.0. The molecule has 2 heterocycles. The van der Waals surface area contributed by atoms with Gasteiger partial charge >= 0.3 is 0 Å². The molecule has 0 aromatic heterocycles. The molecule has 1 unspecified atom stereocenters. The largest absolute Gasteiger partial charge is 0.377 e. The number of benzene rings is 1. The van der Waals surface area contributed by atoms with Crippen LogP contribution in [-0.4, -0.2) is 113 Å². The summed E-state index contributed by atoms with van der Waals surface area (Å²) in [5.41, 5.74) is 0.176. The van der Waals surface area contributed by atoms with Crippen molar-refractivity contribution in [2.24, 2.45) is 0 Å². The van der Waals surface area contributed by atoms with Crippen LogP contribution < -0.4 is 10.6 Å². The number of imide groups is 2. The summed E-state index contributed by atoms with van der Waals surface area (Å²) >= 11 is 0. The predicted octanol–water partition coefficient (Wildman–Crippen LogP) is -0.692. The van der Waals surface area contributed by atoms with E-state index < -0.39 is 35.6 Å². The number of hydrogen-bond donors (Lipinski definition) is 2. The normalized spacial score (nSPS) is 16.8. The smallest absolute Gasteiger partial charge is 0.264 e. The van der Waals surface area contributed by atoms with Crippen molar-refractivity contribution in [3.8, 4) is 0 Å². The molecule has 14 nitrogen and oxygen atoms in total. The summed E-state index contributed by atoms with van der Waals surface area (Å²) in [5.74, 6) is -3.09. The molecule has 1 aromatic carbocycles. The first kappa shape index (κ1) is 30.0. The van der Waals surface area contributed by atoms with Crippen molar-refractivity contribution in [3.05, 3.63) is 29.3 Å². The Bertz CT molecular complexity index is 1060. The average Bonchev–Trinajstić information content (AvgIpc) is 3.17. The topological polar surface area (TPSA) is 176 Å². The van der Waals surface area contributed by atoms with Gasteiger partial charge in [0.2, 0.25) is 17.7 Å². The third kappa shape index (κ3) is 8.73. The standard InChI is InChI=1S/C25H31N3O11/c29-6-7-35-8-9-36-10-11-37-12-13-38-14-15-39-16-21(31)26-18-3-1-2-17-22(18)25(34)28(24(17)33)19-4-5-20(30)27-23(19)32/h1-3,6,19H,4-5,7-16H2,(H,26,31)(H,27,30,32). The molecular formula is C25H31N3O11. The molecule has 3 rings (SSSR count). The van der Waals surface area contributed by atoms with Crippen molar-refractivity contribution in [2.45, 2.75) is 18.9 Å². The number of hydrogen-bond acceptors (Lipinski definition) is 11. The van der Waals surface area contributed by atoms with E-state index in [0.717, 1.165) is 4.90 Å². The maximum absolute atomic E-state index is 13.1. The SMILES string of the molecule is O=CCOCCOCCOCCOCCOCC(=O)Nc1cccc2c1C(=O)N(C1CCC(=O)NC1=O)C2=O. The van der Waals surface area contributed by atoms with Gasteiger partial charge in [-0.05, 0) is 18.6 Å². The number of ether oxygens (including phenoxy) is 5. The molecule has 2 aliphatic rings. The van der Waals surface area contributed by atoms with Gasteiger partial charge in [0, 0.05) is 6.42 Å². The minimum Gasteiger partial charge on any atom is -0.377 e. The zero-order valence-corrected chi connectivity index (χ0v) is 21.3. The van der Waals surface area contributed by atoms with E-state index in [9.17, 15) is 28.8 Å². The number of aldehydes is 1. The van der Waals surface area contributed by atoms with Crippen molar-refractivity contribution < 1.29 is 52.5 Å².